The minimum atomic E-state index is -1.07. The predicted molar refractivity (Wildman–Crippen MR) is 85.8 cm³/mol. The number of anilines is 1. The zero-order valence-corrected chi connectivity index (χ0v) is 14.0. The van der Waals surface area contributed by atoms with Crippen molar-refractivity contribution in [3.63, 3.8) is 0 Å². The number of likely N-dealkylation sites (N-methyl/N-ethyl adjacent to an activating group) is 1. The molecule has 0 aliphatic rings. The van der Waals surface area contributed by atoms with Crippen LogP contribution < -0.4 is 10.6 Å². The van der Waals surface area contributed by atoms with Crippen molar-refractivity contribution in [1.29, 1.82) is 0 Å². The zero-order valence-electron chi connectivity index (χ0n) is 13.1. The Morgan fingerprint density at radius 3 is 2.27 bits per heavy atom. The number of carbonyl (C=O) groups excluding carboxylic acids is 2. The van der Waals surface area contributed by atoms with Crippen molar-refractivity contribution < 1.29 is 19.5 Å². The van der Waals surface area contributed by atoms with Crippen LogP contribution in [0.25, 0.3) is 0 Å². The molecule has 0 radical (unpaired) electrons. The largest absolute Gasteiger partial charge is 0.477 e. The summed E-state index contributed by atoms with van der Waals surface area (Å²) in [7, 11) is 1.62. The minimum Gasteiger partial charge on any atom is -0.477 e. The van der Waals surface area contributed by atoms with E-state index < -0.39 is 11.9 Å². The lowest BCUT2D eigenvalue weighted by Crippen LogP contribution is -2.40. The Bertz CT molecular complexity index is 579. The maximum absolute atomic E-state index is 12.3. The third-order valence-corrected chi connectivity index (χ3v) is 4.61. The van der Waals surface area contributed by atoms with Crippen molar-refractivity contribution in [1.82, 2.24) is 10.2 Å². The highest BCUT2D eigenvalue weighted by Crippen LogP contribution is 2.32. The van der Waals surface area contributed by atoms with Crippen LogP contribution in [0.3, 0.4) is 0 Å². The van der Waals surface area contributed by atoms with Crippen LogP contribution >= 0.6 is 11.3 Å². The summed E-state index contributed by atoms with van der Waals surface area (Å²) in [6, 6.07) is 0. The molecule has 0 spiro atoms. The normalized spacial score (nSPS) is 10.2. The molecule has 8 heteroatoms. The molecule has 22 heavy (non-hydrogen) atoms. The summed E-state index contributed by atoms with van der Waals surface area (Å²) in [5.41, 5.74) is 0.673. The molecule has 0 saturated carbocycles. The molecule has 0 saturated heterocycles. The van der Waals surface area contributed by atoms with E-state index in [0.29, 0.717) is 23.7 Å². The second-order valence-corrected chi connectivity index (χ2v) is 5.58. The molecule has 122 valence electrons. The summed E-state index contributed by atoms with van der Waals surface area (Å²) < 4.78 is 0. The first-order valence-corrected chi connectivity index (χ1v) is 7.79. The first-order chi connectivity index (χ1) is 10.4. The van der Waals surface area contributed by atoms with Gasteiger partial charge in [-0.25, -0.2) is 4.79 Å². The quantitative estimate of drug-likeness (QED) is 0.703. The van der Waals surface area contributed by atoms with Crippen LogP contribution in [0.4, 0.5) is 5.00 Å². The average Bonchev–Trinajstić information content (AvgIpc) is 2.83. The maximum atomic E-state index is 12.3. The Kier molecular flexibility index (Phi) is 6.36. The minimum absolute atomic E-state index is 0.110. The van der Waals surface area contributed by atoms with E-state index in [0.717, 1.165) is 11.3 Å². The Morgan fingerprint density at radius 1 is 1.23 bits per heavy atom. The molecule has 1 heterocycles. The predicted octanol–water partition coefficient (Wildman–Crippen LogP) is 1.39. The van der Waals surface area contributed by atoms with E-state index in [1.807, 2.05) is 13.8 Å². The van der Waals surface area contributed by atoms with E-state index in [1.54, 1.807) is 18.9 Å². The zero-order chi connectivity index (χ0) is 16.9. The molecule has 0 atom stereocenters. The monoisotopic (exact) mass is 327 g/mol. The second-order valence-electron chi connectivity index (χ2n) is 4.56. The molecule has 0 aromatic carbocycles. The SMILES string of the molecule is CCN(CC)C(=O)CNC(=O)c1c(NC)sc(C(=O)O)c1C. The highest BCUT2D eigenvalue weighted by Gasteiger charge is 2.24. The highest BCUT2D eigenvalue weighted by molar-refractivity contribution is 7.18. The van der Waals surface area contributed by atoms with Gasteiger partial charge in [0.05, 0.1) is 12.1 Å². The molecule has 0 bridgehead atoms. The fourth-order valence-corrected chi connectivity index (χ4v) is 3.10. The van der Waals surface area contributed by atoms with Crippen molar-refractivity contribution in [2.45, 2.75) is 20.8 Å². The summed E-state index contributed by atoms with van der Waals surface area (Å²) in [5, 5.41) is 15.0. The molecule has 1 aromatic heterocycles. The third-order valence-electron chi connectivity index (χ3n) is 3.31. The van der Waals surface area contributed by atoms with Gasteiger partial charge in [-0.1, -0.05) is 0 Å². The van der Waals surface area contributed by atoms with Crippen LogP contribution in [0.2, 0.25) is 0 Å². The van der Waals surface area contributed by atoms with Gasteiger partial charge < -0.3 is 20.6 Å². The van der Waals surface area contributed by atoms with Gasteiger partial charge in [-0.05, 0) is 26.3 Å². The van der Waals surface area contributed by atoms with Gasteiger partial charge in [0, 0.05) is 20.1 Å². The molecule has 0 fully saturated rings. The number of nitrogens with one attached hydrogen (secondary N) is 2. The molecule has 1 aromatic rings. The summed E-state index contributed by atoms with van der Waals surface area (Å²) >= 11 is 1.01. The number of carbonyl (C=O) groups is 3. The Labute approximate surface area is 133 Å². The maximum Gasteiger partial charge on any atom is 0.346 e. The summed E-state index contributed by atoms with van der Waals surface area (Å²) in [6.45, 7) is 6.36. The Morgan fingerprint density at radius 2 is 1.82 bits per heavy atom. The highest BCUT2D eigenvalue weighted by atomic mass is 32.1. The van der Waals surface area contributed by atoms with Gasteiger partial charge in [0.2, 0.25) is 5.91 Å². The number of aromatic carboxylic acids is 1. The van der Waals surface area contributed by atoms with Gasteiger partial charge in [0.25, 0.3) is 5.91 Å². The van der Waals surface area contributed by atoms with Crippen molar-refractivity contribution in [2.24, 2.45) is 0 Å². The van der Waals surface area contributed by atoms with Crippen molar-refractivity contribution >= 4 is 34.1 Å². The lowest BCUT2D eigenvalue weighted by atomic mass is 10.1. The number of hydrogen-bond donors (Lipinski definition) is 3. The van der Waals surface area contributed by atoms with Crippen molar-refractivity contribution in [2.75, 3.05) is 32.0 Å². The topological polar surface area (TPSA) is 98.7 Å². The van der Waals surface area contributed by atoms with Gasteiger partial charge >= 0.3 is 5.97 Å². The van der Waals surface area contributed by atoms with Gasteiger partial charge in [-0.3, -0.25) is 9.59 Å². The molecule has 2 amide bonds. The molecular weight excluding hydrogens is 306 g/mol. The molecule has 1 rings (SSSR count). The van der Waals surface area contributed by atoms with Gasteiger partial charge in [-0.2, -0.15) is 0 Å². The van der Waals surface area contributed by atoms with Gasteiger partial charge in [0.1, 0.15) is 9.88 Å². The van der Waals surface area contributed by atoms with E-state index in [-0.39, 0.29) is 22.9 Å². The van der Waals surface area contributed by atoms with Crippen LogP contribution in [0, 0.1) is 6.92 Å². The second kappa shape index (κ2) is 7.79. The standard InChI is InChI=1S/C14H21N3O4S/c1-5-17(6-2)9(18)7-16-12(19)10-8(3)11(14(20)21)22-13(10)15-4/h15H,5-7H2,1-4H3,(H,16,19)(H,20,21). The van der Waals surface area contributed by atoms with Crippen LogP contribution in [0.15, 0.2) is 0 Å². The fourth-order valence-electron chi connectivity index (χ4n) is 2.10. The Hall–Kier alpha value is -2.09. The van der Waals surface area contributed by atoms with Crippen LogP contribution in [0.5, 0.6) is 0 Å². The number of nitrogens with zero attached hydrogens (tertiary/aromatic N) is 1. The van der Waals surface area contributed by atoms with E-state index in [4.69, 9.17) is 5.11 Å². The van der Waals surface area contributed by atoms with E-state index >= 15 is 0 Å². The summed E-state index contributed by atoms with van der Waals surface area (Å²) in [6.07, 6.45) is 0. The van der Waals surface area contributed by atoms with Gasteiger partial charge in [-0.15, -0.1) is 11.3 Å². The number of thiophene rings is 1. The summed E-state index contributed by atoms with van der Waals surface area (Å²) in [4.78, 5) is 37.1. The summed E-state index contributed by atoms with van der Waals surface area (Å²) in [5.74, 6) is -1.70. The molecule has 3 N–H and O–H groups in total. The average molecular weight is 327 g/mol. The number of hydrogen-bond acceptors (Lipinski definition) is 5. The third kappa shape index (κ3) is 3.76. The molecule has 0 aliphatic heterocycles. The lowest BCUT2D eigenvalue weighted by Gasteiger charge is -2.18. The van der Waals surface area contributed by atoms with E-state index in [2.05, 4.69) is 10.6 Å². The van der Waals surface area contributed by atoms with Crippen LogP contribution in [-0.4, -0.2) is 54.5 Å². The van der Waals surface area contributed by atoms with E-state index in [1.165, 1.54) is 0 Å². The number of rotatable bonds is 7. The Balaban J connectivity index is 2.90. The van der Waals surface area contributed by atoms with Crippen molar-refractivity contribution in [3.8, 4) is 0 Å². The first kappa shape index (κ1) is 18.0. The lowest BCUT2D eigenvalue weighted by molar-refractivity contribution is -0.129. The van der Waals surface area contributed by atoms with Crippen LogP contribution in [-0.2, 0) is 4.79 Å². The number of carboxylic acids is 1. The van der Waals surface area contributed by atoms with E-state index in [9.17, 15) is 14.4 Å². The number of carboxylic acid groups (broad SMARTS) is 1. The molecule has 7 nitrogen and oxygen atoms in total. The fraction of sp³-hybridized carbons (Fsp3) is 0.500. The molecular formula is C14H21N3O4S. The smallest absolute Gasteiger partial charge is 0.346 e. The first-order valence-electron chi connectivity index (χ1n) is 6.97. The van der Waals surface area contributed by atoms with Crippen LogP contribution in [0.1, 0.15) is 39.4 Å². The molecule has 0 unspecified atom stereocenters. The van der Waals surface area contributed by atoms with Gasteiger partial charge in [0.15, 0.2) is 0 Å². The molecule has 0 aliphatic carbocycles. The van der Waals surface area contributed by atoms with Crippen molar-refractivity contribution in [3.05, 3.63) is 16.0 Å². The number of amides is 2.